The maximum absolute atomic E-state index is 13.0. The van der Waals surface area contributed by atoms with E-state index in [-0.39, 0.29) is 18.2 Å². The molecule has 6 heteroatoms. The second-order valence-electron chi connectivity index (χ2n) is 6.92. The maximum Gasteiger partial charge on any atom is 0.310 e. The van der Waals surface area contributed by atoms with Crippen molar-refractivity contribution in [2.75, 3.05) is 11.4 Å². The molecule has 134 valence electrons. The van der Waals surface area contributed by atoms with Crippen molar-refractivity contribution in [3.05, 3.63) is 59.6 Å². The molecule has 1 amide bonds. The van der Waals surface area contributed by atoms with Crippen LogP contribution in [0.2, 0.25) is 0 Å². The Bertz CT molecular complexity index is 888. The number of hydrogen-bond donors (Lipinski definition) is 1. The number of aryl methyl sites for hydroxylation is 1. The summed E-state index contributed by atoms with van der Waals surface area (Å²) < 4.78 is 5.79. The number of benzene rings is 1. The number of carbonyl (C=O) groups excluding carboxylic acids is 1. The molecule has 1 aromatic heterocycles. The number of pyridine rings is 1. The van der Waals surface area contributed by atoms with Crippen molar-refractivity contribution in [2.45, 2.75) is 20.8 Å². The quantitative estimate of drug-likeness (QED) is 0.854. The second kappa shape index (κ2) is 6.63. The summed E-state index contributed by atoms with van der Waals surface area (Å²) in [6.07, 6.45) is 3.19. The van der Waals surface area contributed by atoms with Crippen LogP contribution >= 0.6 is 0 Å². The van der Waals surface area contributed by atoms with E-state index in [0.29, 0.717) is 17.1 Å². The lowest BCUT2D eigenvalue weighted by Gasteiger charge is -2.34. The number of rotatable bonds is 4. The first-order chi connectivity index (χ1) is 12.3. The molecule has 0 fully saturated rings. The third kappa shape index (κ3) is 3.44. The Morgan fingerprint density at radius 3 is 2.73 bits per heavy atom. The van der Waals surface area contributed by atoms with Gasteiger partial charge in [0.2, 0.25) is 0 Å². The predicted molar refractivity (Wildman–Crippen MR) is 97.8 cm³/mol. The van der Waals surface area contributed by atoms with E-state index in [1.807, 2.05) is 25.1 Å². The van der Waals surface area contributed by atoms with Crippen LogP contribution in [0.1, 0.15) is 25.1 Å². The first-order valence-electron chi connectivity index (χ1n) is 8.24. The fraction of sp³-hybridized carbons (Fsp3) is 0.250. The molecule has 0 saturated heterocycles. The third-order valence-corrected chi connectivity index (χ3v) is 4.18. The van der Waals surface area contributed by atoms with Crippen LogP contribution in [0.15, 0.2) is 48.4 Å². The monoisotopic (exact) mass is 352 g/mol. The fourth-order valence-corrected chi connectivity index (χ4v) is 2.64. The van der Waals surface area contributed by atoms with Gasteiger partial charge in [-0.25, -0.2) is 0 Å². The van der Waals surface area contributed by atoms with Crippen molar-refractivity contribution < 1.29 is 19.4 Å². The van der Waals surface area contributed by atoms with Crippen LogP contribution < -0.4 is 9.64 Å². The predicted octanol–water partition coefficient (Wildman–Crippen LogP) is 3.27. The van der Waals surface area contributed by atoms with Crippen LogP contribution in [-0.2, 0) is 9.59 Å². The van der Waals surface area contributed by atoms with Crippen molar-refractivity contribution in [2.24, 2.45) is 5.41 Å². The lowest BCUT2D eigenvalue weighted by molar-refractivity contribution is -0.146. The van der Waals surface area contributed by atoms with E-state index in [0.717, 1.165) is 5.56 Å². The number of anilines is 1. The average Bonchev–Trinajstić information content (AvgIpc) is 2.60. The van der Waals surface area contributed by atoms with Crippen LogP contribution in [0, 0.1) is 12.3 Å². The van der Waals surface area contributed by atoms with Gasteiger partial charge in [-0.05, 0) is 50.6 Å². The summed E-state index contributed by atoms with van der Waals surface area (Å²) in [5.41, 5.74) is 1.01. The van der Waals surface area contributed by atoms with Gasteiger partial charge in [0, 0.05) is 18.8 Å². The first-order valence-corrected chi connectivity index (χ1v) is 8.24. The fourth-order valence-electron chi connectivity index (χ4n) is 2.64. The third-order valence-electron chi connectivity index (χ3n) is 4.18. The molecule has 1 aromatic carbocycles. The molecule has 2 aromatic rings. The Balaban J connectivity index is 2.06. The molecule has 6 nitrogen and oxygen atoms in total. The van der Waals surface area contributed by atoms with Crippen molar-refractivity contribution in [1.82, 2.24) is 4.98 Å². The molecule has 1 aliphatic rings. The number of fused-ring (bicyclic) bond motifs is 1. The molecular formula is C20H20N2O4. The number of aromatic nitrogens is 1. The molecular weight excluding hydrogens is 332 g/mol. The minimum atomic E-state index is -1.11. The molecule has 3 rings (SSSR count). The minimum absolute atomic E-state index is 0.0283. The highest BCUT2D eigenvalue weighted by Crippen LogP contribution is 2.38. The topological polar surface area (TPSA) is 79.7 Å². The number of nitrogens with zero attached hydrogens (tertiary/aromatic N) is 2. The van der Waals surface area contributed by atoms with Gasteiger partial charge in [0.15, 0.2) is 11.5 Å². The number of carboxylic acid groups (broad SMARTS) is 1. The molecule has 1 aliphatic heterocycles. The first kappa shape index (κ1) is 17.7. The molecule has 1 N–H and O–H groups in total. The molecule has 0 bridgehead atoms. The van der Waals surface area contributed by atoms with Gasteiger partial charge >= 0.3 is 5.97 Å². The van der Waals surface area contributed by atoms with E-state index in [4.69, 9.17) is 4.74 Å². The summed E-state index contributed by atoms with van der Waals surface area (Å²) >= 11 is 0. The molecule has 0 aliphatic carbocycles. The van der Waals surface area contributed by atoms with E-state index < -0.39 is 11.4 Å². The SMILES string of the molecule is Cc1ccc2c(c1)N(CC(C)(C)C(=O)O)C(=O)/C(=C\c1ccccn1)O2. The highest BCUT2D eigenvalue weighted by Gasteiger charge is 2.37. The molecule has 0 spiro atoms. The molecule has 0 atom stereocenters. The second-order valence-corrected chi connectivity index (χ2v) is 6.92. The Labute approximate surface area is 151 Å². The molecule has 2 heterocycles. The van der Waals surface area contributed by atoms with Crippen molar-refractivity contribution >= 4 is 23.6 Å². The standard InChI is InChI=1S/C20H20N2O4/c1-13-7-8-16-15(10-13)22(12-20(2,3)19(24)25)18(23)17(26-16)11-14-6-4-5-9-21-14/h4-11H,12H2,1-3H3,(H,24,25)/b17-11+. The van der Waals surface area contributed by atoms with E-state index in [1.165, 1.54) is 4.90 Å². The minimum Gasteiger partial charge on any atom is -0.481 e. The molecule has 26 heavy (non-hydrogen) atoms. The Morgan fingerprint density at radius 2 is 2.08 bits per heavy atom. The average molecular weight is 352 g/mol. The van der Waals surface area contributed by atoms with Crippen LogP contribution in [0.25, 0.3) is 6.08 Å². The summed E-state index contributed by atoms with van der Waals surface area (Å²) in [6.45, 7) is 5.12. The lowest BCUT2D eigenvalue weighted by Crippen LogP contribution is -2.45. The van der Waals surface area contributed by atoms with E-state index in [9.17, 15) is 14.7 Å². The summed E-state index contributed by atoms with van der Waals surface area (Å²) in [6, 6.07) is 10.8. The zero-order valence-electron chi connectivity index (χ0n) is 14.9. The van der Waals surface area contributed by atoms with Crippen LogP contribution in [0.4, 0.5) is 5.69 Å². The number of carbonyl (C=O) groups is 2. The van der Waals surface area contributed by atoms with E-state index >= 15 is 0 Å². The van der Waals surface area contributed by atoms with Gasteiger partial charge in [-0.3, -0.25) is 14.6 Å². The number of carboxylic acids is 1. The van der Waals surface area contributed by atoms with E-state index in [1.54, 1.807) is 44.3 Å². The molecule has 0 unspecified atom stereocenters. The van der Waals surface area contributed by atoms with Gasteiger partial charge in [0.25, 0.3) is 5.91 Å². The summed E-state index contributed by atoms with van der Waals surface area (Å²) in [5, 5.41) is 9.47. The smallest absolute Gasteiger partial charge is 0.310 e. The summed E-state index contributed by atoms with van der Waals surface area (Å²) in [4.78, 5) is 30.2. The molecule has 0 saturated carbocycles. The van der Waals surface area contributed by atoms with Gasteiger partial charge in [0.1, 0.15) is 0 Å². The van der Waals surface area contributed by atoms with Gasteiger partial charge in [-0.2, -0.15) is 0 Å². The van der Waals surface area contributed by atoms with Gasteiger partial charge in [-0.15, -0.1) is 0 Å². The Kier molecular flexibility index (Phi) is 4.50. The number of aliphatic carboxylic acids is 1. The highest BCUT2D eigenvalue weighted by atomic mass is 16.5. The number of amides is 1. The highest BCUT2D eigenvalue weighted by molar-refractivity contribution is 6.10. The largest absolute Gasteiger partial charge is 0.481 e. The Morgan fingerprint density at radius 1 is 1.31 bits per heavy atom. The zero-order valence-corrected chi connectivity index (χ0v) is 14.9. The van der Waals surface area contributed by atoms with Crippen LogP contribution in [0.5, 0.6) is 5.75 Å². The van der Waals surface area contributed by atoms with Crippen LogP contribution in [0.3, 0.4) is 0 Å². The lowest BCUT2D eigenvalue weighted by atomic mass is 9.92. The van der Waals surface area contributed by atoms with Gasteiger partial charge in [0.05, 0.1) is 16.8 Å². The summed E-state index contributed by atoms with van der Waals surface area (Å²) in [7, 11) is 0. The van der Waals surface area contributed by atoms with Crippen molar-refractivity contribution in [1.29, 1.82) is 0 Å². The Hall–Kier alpha value is -3.15. The van der Waals surface area contributed by atoms with Gasteiger partial charge < -0.3 is 14.7 Å². The normalized spacial score (nSPS) is 15.6. The van der Waals surface area contributed by atoms with Gasteiger partial charge in [-0.1, -0.05) is 12.1 Å². The van der Waals surface area contributed by atoms with Crippen molar-refractivity contribution in [3.63, 3.8) is 0 Å². The maximum atomic E-state index is 13.0. The summed E-state index contributed by atoms with van der Waals surface area (Å²) in [5.74, 6) is -0.732. The number of hydrogen-bond acceptors (Lipinski definition) is 4. The van der Waals surface area contributed by atoms with Crippen LogP contribution in [-0.4, -0.2) is 28.5 Å². The van der Waals surface area contributed by atoms with E-state index in [2.05, 4.69) is 4.98 Å². The van der Waals surface area contributed by atoms with Crippen molar-refractivity contribution in [3.8, 4) is 5.75 Å². The zero-order chi connectivity index (χ0) is 18.9. The number of ether oxygens (including phenoxy) is 1. The molecule has 0 radical (unpaired) electrons.